The molecular weight excluding hydrogens is 456 g/mol. The van der Waals surface area contributed by atoms with Crippen molar-refractivity contribution in [1.29, 1.82) is 0 Å². The van der Waals surface area contributed by atoms with E-state index in [0.717, 1.165) is 11.1 Å². The van der Waals surface area contributed by atoms with Gasteiger partial charge in [0.05, 0.1) is 22.7 Å². The topological polar surface area (TPSA) is 66.5 Å². The van der Waals surface area contributed by atoms with Crippen molar-refractivity contribution in [2.24, 2.45) is 0 Å². The van der Waals surface area contributed by atoms with Crippen molar-refractivity contribution in [2.45, 2.75) is 24.3 Å². The minimum absolute atomic E-state index is 0.1000. The number of para-hydroxylation sites is 1. The number of benzene rings is 4. The van der Waals surface area contributed by atoms with Crippen LogP contribution in [0, 0.1) is 0 Å². The third-order valence-corrected chi connectivity index (χ3v) is 7.63. The van der Waals surface area contributed by atoms with Gasteiger partial charge in [0.25, 0.3) is 15.9 Å². The maximum Gasteiger partial charge on any atom is 0.264 e. The monoisotopic (exact) mass is 484 g/mol. The SMILES string of the molecule is C[C@@H](CNC(=O)c1ccccc1N(Cc1ccccc1)S(=O)(=O)c1ccccc1)c1ccccc1. The first kappa shape index (κ1) is 24.2. The molecule has 4 aromatic carbocycles. The average molecular weight is 485 g/mol. The van der Waals surface area contributed by atoms with Crippen LogP contribution in [0.4, 0.5) is 5.69 Å². The van der Waals surface area contributed by atoms with Crippen LogP contribution >= 0.6 is 0 Å². The van der Waals surface area contributed by atoms with Crippen molar-refractivity contribution in [3.05, 3.63) is 132 Å². The van der Waals surface area contributed by atoms with Gasteiger partial charge in [-0.3, -0.25) is 9.10 Å². The van der Waals surface area contributed by atoms with Crippen molar-refractivity contribution in [3.63, 3.8) is 0 Å². The Morgan fingerprint density at radius 2 is 1.31 bits per heavy atom. The number of amides is 1. The van der Waals surface area contributed by atoms with Gasteiger partial charge in [0.15, 0.2) is 0 Å². The zero-order chi connectivity index (χ0) is 24.7. The van der Waals surface area contributed by atoms with E-state index in [1.807, 2.05) is 67.6 Å². The van der Waals surface area contributed by atoms with E-state index >= 15 is 0 Å². The summed E-state index contributed by atoms with van der Waals surface area (Å²) < 4.78 is 28.8. The van der Waals surface area contributed by atoms with Gasteiger partial charge < -0.3 is 5.32 Å². The van der Waals surface area contributed by atoms with Crippen LogP contribution in [-0.2, 0) is 16.6 Å². The first-order valence-electron chi connectivity index (χ1n) is 11.5. The standard InChI is InChI=1S/C29H28N2O3S/c1-23(25-15-7-3-8-16-25)21-30-29(32)27-19-11-12-20-28(27)31(22-24-13-5-2-6-14-24)35(33,34)26-17-9-4-10-18-26/h2-20,23H,21-22H2,1H3,(H,30,32)/t23-/m0/s1. The number of nitrogens with zero attached hydrogens (tertiary/aromatic N) is 1. The molecule has 0 aliphatic carbocycles. The number of hydrogen-bond donors (Lipinski definition) is 1. The number of hydrogen-bond acceptors (Lipinski definition) is 3. The highest BCUT2D eigenvalue weighted by Crippen LogP contribution is 2.29. The maximum absolute atomic E-state index is 13.8. The zero-order valence-corrected chi connectivity index (χ0v) is 20.4. The van der Waals surface area contributed by atoms with E-state index in [9.17, 15) is 13.2 Å². The summed E-state index contributed by atoms with van der Waals surface area (Å²) in [7, 11) is -3.93. The lowest BCUT2D eigenvalue weighted by Gasteiger charge is -2.27. The summed E-state index contributed by atoms with van der Waals surface area (Å²) in [5.41, 5.74) is 2.59. The van der Waals surface area contributed by atoms with E-state index in [2.05, 4.69) is 5.32 Å². The molecule has 5 nitrogen and oxygen atoms in total. The van der Waals surface area contributed by atoms with Gasteiger partial charge in [0.2, 0.25) is 0 Å². The van der Waals surface area contributed by atoms with Crippen molar-refractivity contribution >= 4 is 21.6 Å². The molecule has 0 aliphatic rings. The highest BCUT2D eigenvalue weighted by atomic mass is 32.2. The molecule has 178 valence electrons. The second-order valence-electron chi connectivity index (χ2n) is 8.35. The first-order valence-corrected chi connectivity index (χ1v) is 12.9. The smallest absolute Gasteiger partial charge is 0.264 e. The van der Waals surface area contributed by atoms with Gasteiger partial charge in [0, 0.05) is 6.54 Å². The van der Waals surface area contributed by atoms with E-state index in [4.69, 9.17) is 0 Å². The predicted octanol–water partition coefficient (Wildman–Crippen LogP) is 5.62. The molecule has 0 aromatic heterocycles. The number of sulfonamides is 1. The Bertz CT molecular complexity index is 1360. The fraction of sp³-hybridized carbons (Fsp3) is 0.138. The summed E-state index contributed by atoms with van der Waals surface area (Å²) in [6.07, 6.45) is 0. The lowest BCUT2D eigenvalue weighted by Crippen LogP contribution is -2.34. The molecule has 1 amide bonds. The zero-order valence-electron chi connectivity index (χ0n) is 19.5. The Labute approximate surface area is 207 Å². The molecule has 0 saturated carbocycles. The fourth-order valence-corrected chi connectivity index (χ4v) is 5.38. The number of carbonyl (C=O) groups excluding carboxylic acids is 1. The predicted molar refractivity (Wildman–Crippen MR) is 140 cm³/mol. The van der Waals surface area contributed by atoms with Crippen LogP contribution in [-0.4, -0.2) is 20.9 Å². The molecule has 0 aliphatic heterocycles. The van der Waals surface area contributed by atoms with Crippen LogP contribution in [0.15, 0.2) is 120 Å². The summed E-state index contributed by atoms with van der Waals surface area (Å²) in [4.78, 5) is 13.5. The van der Waals surface area contributed by atoms with Gasteiger partial charge in [0.1, 0.15) is 0 Å². The van der Waals surface area contributed by atoms with Crippen molar-refractivity contribution in [2.75, 3.05) is 10.8 Å². The molecule has 4 aromatic rings. The Morgan fingerprint density at radius 3 is 1.97 bits per heavy atom. The van der Waals surface area contributed by atoms with E-state index in [0.29, 0.717) is 17.8 Å². The van der Waals surface area contributed by atoms with Crippen molar-refractivity contribution in [3.8, 4) is 0 Å². The third-order valence-electron chi connectivity index (χ3n) is 5.85. The summed E-state index contributed by atoms with van der Waals surface area (Å²) in [5.74, 6) is -0.203. The fourth-order valence-electron chi connectivity index (χ4n) is 3.89. The Morgan fingerprint density at radius 1 is 0.771 bits per heavy atom. The Kier molecular flexibility index (Phi) is 7.63. The molecule has 4 rings (SSSR count). The average Bonchev–Trinajstić information content (AvgIpc) is 2.91. The van der Waals surface area contributed by atoms with Gasteiger partial charge in [-0.05, 0) is 41.3 Å². The van der Waals surface area contributed by atoms with E-state index < -0.39 is 10.0 Å². The molecule has 0 radical (unpaired) electrons. The molecule has 0 saturated heterocycles. The molecule has 1 atom stereocenters. The third kappa shape index (κ3) is 5.78. The summed E-state index contributed by atoms with van der Waals surface area (Å²) >= 11 is 0. The number of carbonyl (C=O) groups is 1. The number of nitrogens with one attached hydrogen (secondary N) is 1. The van der Waals surface area contributed by atoms with Crippen molar-refractivity contribution in [1.82, 2.24) is 5.32 Å². The minimum atomic E-state index is -3.93. The van der Waals surface area contributed by atoms with E-state index in [1.165, 1.54) is 4.31 Å². The molecule has 1 N–H and O–H groups in total. The maximum atomic E-state index is 13.8. The van der Waals surface area contributed by atoms with Gasteiger partial charge in [-0.1, -0.05) is 97.9 Å². The molecule has 0 fully saturated rings. The molecular formula is C29H28N2O3S. The molecule has 0 bridgehead atoms. The quantitative estimate of drug-likeness (QED) is 0.336. The number of rotatable bonds is 9. The summed E-state index contributed by atoms with van der Waals surface area (Å²) in [6.45, 7) is 2.58. The van der Waals surface area contributed by atoms with Gasteiger partial charge in [-0.25, -0.2) is 8.42 Å². The van der Waals surface area contributed by atoms with Crippen LogP contribution in [0.1, 0.15) is 34.3 Å². The lowest BCUT2D eigenvalue weighted by atomic mass is 10.0. The van der Waals surface area contributed by atoms with Crippen LogP contribution in [0.5, 0.6) is 0 Å². The highest BCUT2D eigenvalue weighted by molar-refractivity contribution is 7.92. The second-order valence-corrected chi connectivity index (χ2v) is 10.2. The van der Waals surface area contributed by atoms with Gasteiger partial charge >= 0.3 is 0 Å². The van der Waals surface area contributed by atoms with Gasteiger partial charge in [-0.15, -0.1) is 0 Å². The second kappa shape index (κ2) is 11.0. The lowest BCUT2D eigenvalue weighted by molar-refractivity contribution is 0.0952. The van der Waals surface area contributed by atoms with E-state index in [-0.39, 0.29) is 23.3 Å². The Hall–Kier alpha value is -3.90. The first-order chi connectivity index (χ1) is 17.0. The molecule has 0 heterocycles. The van der Waals surface area contributed by atoms with Crippen LogP contribution in [0.2, 0.25) is 0 Å². The van der Waals surface area contributed by atoms with Crippen LogP contribution < -0.4 is 9.62 Å². The summed E-state index contributed by atoms with van der Waals surface area (Å²) in [6, 6.07) is 34.4. The normalized spacial score (nSPS) is 12.0. The van der Waals surface area contributed by atoms with Crippen LogP contribution in [0.3, 0.4) is 0 Å². The summed E-state index contributed by atoms with van der Waals surface area (Å²) in [5, 5.41) is 2.99. The largest absolute Gasteiger partial charge is 0.351 e. The van der Waals surface area contributed by atoms with Gasteiger partial charge in [-0.2, -0.15) is 0 Å². The molecule has 0 unspecified atom stereocenters. The minimum Gasteiger partial charge on any atom is -0.351 e. The Balaban J connectivity index is 1.67. The number of anilines is 1. The van der Waals surface area contributed by atoms with Crippen LogP contribution in [0.25, 0.3) is 0 Å². The highest BCUT2D eigenvalue weighted by Gasteiger charge is 2.28. The molecule has 0 spiro atoms. The molecule has 6 heteroatoms. The van der Waals surface area contributed by atoms with E-state index in [1.54, 1.807) is 54.6 Å². The molecule has 35 heavy (non-hydrogen) atoms. The van der Waals surface area contributed by atoms with Crippen molar-refractivity contribution < 1.29 is 13.2 Å².